The van der Waals surface area contributed by atoms with Gasteiger partial charge in [0.05, 0.1) is 10.6 Å². The van der Waals surface area contributed by atoms with E-state index in [9.17, 15) is 14.4 Å². The van der Waals surface area contributed by atoms with Crippen molar-refractivity contribution in [2.45, 2.75) is 0 Å². The molecule has 3 amide bonds. The normalized spacial score (nSPS) is 15.0. The molecule has 2 aromatic carbocycles. The van der Waals surface area contributed by atoms with Crippen LogP contribution in [0.2, 0.25) is 10.0 Å². The van der Waals surface area contributed by atoms with Crippen LogP contribution in [0.5, 0.6) is 5.75 Å². The Bertz CT molecular complexity index is 907. The molecule has 6 nitrogen and oxygen atoms in total. The highest BCUT2D eigenvalue weighted by molar-refractivity contribution is 6.36. The Morgan fingerprint density at radius 2 is 1.72 bits per heavy atom. The van der Waals surface area contributed by atoms with Crippen molar-refractivity contribution in [1.29, 1.82) is 0 Å². The maximum absolute atomic E-state index is 12.1. The van der Waals surface area contributed by atoms with Gasteiger partial charge < -0.3 is 10.1 Å². The number of nitrogens with one attached hydrogen (secondary N) is 2. The molecule has 0 bridgehead atoms. The number of carbonyl (C=O) groups excluding carboxylic acids is 3. The molecule has 0 spiro atoms. The van der Waals surface area contributed by atoms with Crippen molar-refractivity contribution in [1.82, 2.24) is 10.6 Å². The number of amides is 3. The molecule has 0 aliphatic carbocycles. The van der Waals surface area contributed by atoms with E-state index >= 15 is 0 Å². The lowest BCUT2D eigenvalue weighted by Gasteiger charge is -2.06. The number of benzene rings is 2. The third kappa shape index (κ3) is 3.99. The van der Waals surface area contributed by atoms with Crippen LogP contribution in [0.1, 0.15) is 15.9 Å². The van der Waals surface area contributed by atoms with Gasteiger partial charge in [-0.05, 0) is 42.0 Å². The van der Waals surface area contributed by atoms with E-state index in [2.05, 4.69) is 10.6 Å². The molecule has 0 saturated carbocycles. The summed E-state index contributed by atoms with van der Waals surface area (Å²) in [5.74, 6) is -0.814. The number of halogens is 2. The minimum Gasteiger partial charge on any atom is -0.423 e. The van der Waals surface area contributed by atoms with Crippen LogP contribution >= 0.6 is 23.2 Å². The lowest BCUT2D eigenvalue weighted by atomic mass is 10.2. The highest BCUT2D eigenvalue weighted by atomic mass is 35.5. The predicted molar refractivity (Wildman–Crippen MR) is 92.5 cm³/mol. The average molecular weight is 377 g/mol. The Labute approximate surface area is 152 Å². The van der Waals surface area contributed by atoms with E-state index in [4.69, 9.17) is 27.9 Å². The summed E-state index contributed by atoms with van der Waals surface area (Å²) in [6.07, 6.45) is 1.50. The summed E-state index contributed by atoms with van der Waals surface area (Å²) in [6, 6.07) is 10.3. The van der Waals surface area contributed by atoms with Crippen LogP contribution in [0.4, 0.5) is 4.79 Å². The van der Waals surface area contributed by atoms with Gasteiger partial charge in [-0.25, -0.2) is 9.59 Å². The second-order valence-corrected chi connectivity index (χ2v) is 5.89. The zero-order chi connectivity index (χ0) is 18.0. The van der Waals surface area contributed by atoms with Crippen LogP contribution in [0, 0.1) is 0 Å². The Morgan fingerprint density at radius 3 is 2.32 bits per heavy atom. The first kappa shape index (κ1) is 17.0. The maximum Gasteiger partial charge on any atom is 0.345 e. The maximum atomic E-state index is 12.1. The summed E-state index contributed by atoms with van der Waals surface area (Å²) in [4.78, 5) is 34.6. The molecule has 2 N–H and O–H groups in total. The Balaban J connectivity index is 1.72. The lowest BCUT2D eigenvalue weighted by molar-refractivity contribution is -0.115. The molecule has 3 rings (SSSR count). The third-order valence-corrected chi connectivity index (χ3v) is 3.82. The number of carbonyl (C=O) groups is 3. The Hall–Kier alpha value is -2.83. The standard InChI is InChI=1S/C17H10Cl2N2O4/c18-10-3-6-12(13(19)8-10)16(23)25-11-4-1-9(2-5-11)7-14-15(22)21-17(24)20-14/h1-8H,(H2,20,21,22,24)/b14-7+. The first-order chi connectivity index (χ1) is 11.9. The summed E-state index contributed by atoms with van der Waals surface area (Å²) in [7, 11) is 0. The van der Waals surface area contributed by atoms with Crippen LogP contribution in [-0.4, -0.2) is 17.9 Å². The Kier molecular flexibility index (Phi) is 4.74. The molecule has 1 heterocycles. The molecule has 1 aliphatic heterocycles. The summed E-state index contributed by atoms with van der Waals surface area (Å²) in [6.45, 7) is 0. The quantitative estimate of drug-likeness (QED) is 0.372. The highest BCUT2D eigenvalue weighted by Crippen LogP contribution is 2.23. The summed E-state index contributed by atoms with van der Waals surface area (Å²) >= 11 is 11.8. The molecule has 2 aromatic rings. The molecule has 0 unspecified atom stereocenters. The van der Waals surface area contributed by atoms with E-state index in [0.29, 0.717) is 16.3 Å². The molecule has 126 valence electrons. The zero-order valence-corrected chi connectivity index (χ0v) is 14.0. The monoisotopic (exact) mass is 376 g/mol. The van der Waals surface area contributed by atoms with Crippen LogP contribution < -0.4 is 15.4 Å². The second kappa shape index (κ2) is 6.96. The highest BCUT2D eigenvalue weighted by Gasteiger charge is 2.22. The minimum atomic E-state index is -0.616. The molecule has 1 fully saturated rings. The van der Waals surface area contributed by atoms with Gasteiger partial charge in [0, 0.05) is 5.02 Å². The number of imide groups is 1. The average Bonchev–Trinajstić information content (AvgIpc) is 2.86. The first-order valence-corrected chi connectivity index (χ1v) is 7.79. The lowest BCUT2D eigenvalue weighted by Crippen LogP contribution is -2.22. The fourth-order valence-electron chi connectivity index (χ4n) is 2.10. The molecule has 0 aromatic heterocycles. The van der Waals surface area contributed by atoms with Crippen LogP contribution in [0.25, 0.3) is 6.08 Å². The van der Waals surface area contributed by atoms with Crippen molar-refractivity contribution in [3.8, 4) is 5.75 Å². The van der Waals surface area contributed by atoms with Crippen molar-refractivity contribution >= 4 is 47.2 Å². The molecule has 8 heteroatoms. The van der Waals surface area contributed by atoms with E-state index < -0.39 is 17.9 Å². The molecular formula is C17H10Cl2N2O4. The van der Waals surface area contributed by atoms with E-state index in [-0.39, 0.29) is 16.3 Å². The largest absolute Gasteiger partial charge is 0.423 e. The SMILES string of the molecule is O=C1NC(=O)/C(=C\c2ccc(OC(=O)c3ccc(Cl)cc3Cl)cc2)N1. The number of ether oxygens (including phenoxy) is 1. The predicted octanol–water partition coefficient (Wildman–Crippen LogP) is 3.39. The van der Waals surface area contributed by atoms with Gasteiger partial charge in [-0.2, -0.15) is 0 Å². The number of esters is 1. The van der Waals surface area contributed by atoms with Gasteiger partial charge in [0.1, 0.15) is 11.4 Å². The van der Waals surface area contributed by atoms with Crippen molar-refractivity contribution in [3.05, 3.63) is 69.3 Å². The summed E-state index contributed by atoms with van der Waals surface area (Å²) < 4.78 is 5.25. The smallest absolute Gasteiger partial charge is 0.345 e. The third-order valence-electron chi connectivity index (χ3n) is 3.27. The van der Waals surface area contributed by atoms with Crippen molar-refractivity contribution < 1.29 is 19.1 Å². The molecule has 25 heavy (non-hydrogen) atoms. The van der Waals surface area contributed by atoms with Gasteiger partial charge in [-0.3, -0.25) is 10.1 Å². The zero-order valence-electron chi connectivity index (χ0n) is 12.5. The van der Waals surface area contributed by atoms with Crippen LogP contribution in [0.3, 0.4) is 0 Å². The topological polar surface area (TPSA) is 84.5 Å². The van der Waals surface area contributed by atoms with E-state index in [0.717, 1.165) is 0 Å². The number of hydrogen-bond donors (Lipinski definition) is 2. The van der Waals surface area contributed by atoms with Crippen LogP contribution in [0.15, 0.2) is 48.2 Å². The van der Waals surface area contributed by atoms with Gasteiger partial charge in [-0.1, -0.05) is 35.3 Å². The number of hydrogen-bond acceptors (Lipinski definition) is 4. The van der Waals surface area contributed by atoms with Gasteiger partial charge in [0.2, 0.25) is 0 Å². The number of urea groups is 1. The molecule has 1 saturated heterocycles. The summed E-state index contributed by atoms with van der Waals surface area (Å²) in [5.41, 5.74) is 0.988. The van der Waals surface area contributed by atoms with E-state index in [1.165, 1.54) is 18.2 Å². The van der Waals surface area contributed by atoms with Gasteiger partial charge in [0.15, 0.2) is 0 Å². The van der Waals surface area contributed by atoms with Gasteiger partial charge >= 0.3 is 12.0 Å². The molecule has 1 aliphatic rings. The van der Waals surface area contributed by atoms with E-state index in [1.54, 1.807) is 30.3 Å². The van der Waals surface area contributed by atoms with Gasteiger partial charge in [0.25, 0.3) is 5.91 Å². The number of rotatable bonds is 3. The fraction of sp³-hybridized carbons (Fsp3) is 0. The van der Waals surface area contributed by atoms with Crippen LogP contribution in [-0.2, 0) is 4.79 Å². The van der Waals surface area contributed by atoms with Crippen molar-refractivity contribution in [3.63, 3.8) is 0 Å². The molecule has 0 atom stereocenters. The first-order valence-electron chi connectivity index (χ1n) is 7.04. The molecule has 0 radical (unpaired) electrons. The van der Waals surface area contributed by atoms with Crippen molar-refractivity contribution in [2.75, 3.05) is 0 Å². The van der Waals surface area contributed by atoms with E-state index in [1.807, 2.05) is 0 Å². The van der Waals surface area contributed by atoms with Gasteiger partial charge in [-0.15, -0.1) is 0 Å². The summed E-state index contributed by atoms with van der Waals surface area (Å²) in [5, 5.41) is 5.10. The Morgan fingerprint density at radius 1 is 1.00 bits per heavy atom. The molecular weight excluding hydrogens is 367 g/mol. The second-order valence-electron chi connectivity index (χ2n) is 5.05. The fourth-order valence-corrected chi connectivity index (χ4v) is 2.58. The minimum absolute atomic E-state index is 0.141. The van der Waals surface area contributed by atoms with Crippen molar-refractivity contribution in [2.24, 2.45) is 0 Å².